The Morgan fingerprint density at radius 3 is 3.00 bits per heavy atom. The molecule has 1 aliphatic carbocycles. The summed E-state index contributed by atoms with van der Waals surface area (Å²) < 4.78 is 12.6. The number of allylic oxidation sites excluding steroid dienone is 4. The minimum absolute atomic E-state index is 0.179. The highest BCUT2D eigenvalue weighted by atomic mass is 19.1. The van der Waals surface area contributed by atoms with Gasteiger partial charge in [-0.25, -0.2) is 4.39 Å². The zero-order valence-corrected chi connectivity index (χ0v) is 5.76. The first-order valence-electron chi connectivity index (χ1n) is 3.22. The Balaban J connectivity index is 2.87. The lowest BCUT2D eigenvalue weighted by Gasteiger charge is -2.08. The van der Waals surface area contributed by atoms with Crippen molar-refractivity contribution in [2.75, 3.05) is 0 Å². The van der Waals surface area contributed by atoms with Gasteiger partial charge < -0.3 is 0 Å². The molecule has 2 heteroatoms. The molecule has 1 rings (SSSR count). The Bertz CT molecular complexity index is 232. The maximum absolute atomic E-state index is 12.6. The number of halogens is 1. The summed E-state index contributed by atoms with van der Waals surface area (Å²) in [5.41, 5.74) is 0.179. The number of rotatable bonds is 0. The van der Waals surface area contributed by atoms with Crippen LogP contribution in [0.5, 0.6) is 0 Å². The largest absolute Gasteiger partial charge is 0.206 e. The average Bonchev–Trinajstić information content (AvgIpc) is 1.94. The number of hydrogen-bond acceptors (Lipinski definition) is 1. The van der Waals surface area contributed by atoms with E-state index in [1.54, 1.807) is 12.1 Å². The fourth-order valence-corrected chi connectivity index (χ4v) is 0.922. The van der Waals surface area contributed by atoms with E-state index in [-0.39, 0.29) is 11.4 Å². The molecule has 1 nitrogen and oxygen atoms in total. The fourth-order valence-electron chi connectivity index (χ4n) is 0.922. The van der Waals surface area contributed by atoms with E-state index in [0.717, 1.165) is 0 Å². The highest BCUT2D eigenvalue weighted by molar-refractivity contribution is 5.40. The molecule has 0 amide bonds. The van der Waals surface area contributed by atoms with Gasteiger partial charge in [-0.15, -0.1) is 0 Å². The van der Waals surface area contributed by atoms with E-state index in [2.05, 4.69) is 0 Å². The Morgan fingerprint density at radius 1 is 1.80 bits per heavy atom. The SMILES string of the molecule is C[C@@H]1C=C(C#N)C(F)=CC1. The normalized spacial score (nSPS) is 24.7. The van der Waals surface area contributed by atoms with Crippen molar-refractivity contribution >= 4 is 0 Å². The molecular weight excluding hydrogens is 129 g/mol. The van der Waals surface area contributed by atoms with E-state index >= 15 is 0 Å². The predicted molar refractivity (Wildman–Crippen MR) is 36.7 cm³/mol. The lowest BCUT2D eigenvalue weighted by Crippen LogP contribution is -1.96. The van der Waals surface area contributed by atoms with Gasteiger partial charge in [0.25, 0.3) is 0 Å². The van der Waals surface area contributed by atoms with Gasteiger partial charge in [0.05, 0.1) is 5.57 Å². The molecule has 0 heterocycles. The quantitative estimate of drug-likeness (QED) is 0.502. The van der Waals surface area contributed by atoms with Crippen molar-refractivity contribution < 1.29 is 4.39 Å². The van der Waals surface area contributed by atoms with Gasteiger partial charge in [0, 0.05) is 0 Å². The molecule has 0 N–H and O–H groups in total. The van der Waals surface area contributed by atoms with Crippen LogP contribution >= 0.6 is 0 Å². The van der Waals surface area contributed by atoms with Gasteiger partial charge in [-0.05, 0) is 18.4 Å². The van der Waals surface area contributed by atoms with Gasteiger partial charge in [0.2, 0.25) is 0 Å². The maximum atomic E-state index is 12.6. The second-order valence-corrected chi connectivity index (χ2v) is 2.46. The minimum atomic E-state index is -0.374. The van der Waals surface area contributed by atoms with Crippen LogP contribution in [0.15, 0.2) is 23.6 Å². The lowest BCUT2D eigenvalue weighted by molar-refractivity contribution is 0.614. The second-order valence-electron chi connectivity index (χ2n) is 2.46. The first-order valence-corrected chi connectivity index (χ1v) is 3.22. The first-order chi connectivity index (χ1) is 4.74. The molecule has 0 saturated heterocycles. The maximum Gasteiger partial charge on any atom is 0.136 e. The van der Waals surface area contributed by atoms with Gasteiger partial charge in [0.1, 0.15) is 11.9 Å². The van der Waals surface area contributed by atoms with Crippen LogP contribution in [0.4, 0.5) is 4.39 Å². The summed E-state index contributed by atoms with van der Waals surface area (Å²) in [6.07, 6.45) is 3.83. The van der Waals surface area contributed by atoms with Crippen LogP contribution in [0, 0.1) is 17.2 Å². The molecule has 0 aromatic rings. The molecule has 0 spiro atoms. The number of nitrogens with zero attached hydrogens (tertiary/aromatic N) is 1. The molecule has 1 aliphatic rings. The van der Waals surface area contributed by atoms with Gasteiger partial charge in [-0.2, -0.15) is 5.26 Å². The summed E-state index contributed by atoms with van der Waals surface area (Å²) >= 11 is 0. The molecule has 0 bridgehead atoms. The molecule has 0 aromatic heterocycles. The summed E-state index contributed by atoms with van der Waals surface area (Å²) in [6.45, 7) is 1.96. The topological polar surface area (TPSA) is 23.8 Å². The minimum Gasteiger partial charge on any atom is -0.206 e. The summed E-state index contributed by atoms with van der Waals surface area (Å²) in [7, 11) is 0. The molecule has 0 aromatic carbocycles. The van der Waals surface area contributed by atoms with Crippen molar-refractivity contribution in [3.63, 3.8) is 0 Å². The molecule has 0 unspecified atom stereocenters. The van der Waals surface area contributed by atoms with Gasteiger partial charge in [0.15, 0.2) is 0 Å². The van der Waals surface area contributed by atoms with E-state index in [9.17, 15) is 4.39 Å². The van der Waals surface area contributed by atoms with Crippen molar-refractivity contribution in [3.8, 4) is 6.07 Å². The Morgan fingerprint density at radius 2 is 2.50 bits per heavy atom. The Labute approximate surface area is 59.5 Å². The van der Waals surface area contributed by atoms with Crippen LogP contribution in [-0.4, -0.2) is 0 Å². The van der Waals surface area contributed by atoms with Crippen LogP contribution < -0.4 is 0 Å². The van der Waals surface area contributed by atoms with Gasteiger partial charge in [-0.1, -0.05) is 13.0 Å². The van der Waals surface area contributed by atoms with E-state index < -0.39 is 0 Å². The molecular formula is C8H8FN. The third kappa shape index (κ3) is 1.24. The Hall–Kier alpha value is -1.10. The van der Waals surface area contributed by atoms with E-state index in [4.69, 9.17) is 5.26 Å². The molecule has 1 atom stereocenters. The van der Waals surface area contributed by atoms with Crippen molar-refractivity contribution in [1.29, 1.82) is 5.26 Å². The summed E-state index contributed by atoms with van der Waals surface area (Å²) in [5, 5.41) is 8.38. The van der Waals surface area contributed by atoms with E-state index in [0.29, 0.717) is 12.3 Å². The molecule has 0 radical (unpaired) electrons. The lowest BCUT2D eigenvalue weighted by atomic mass is 9.98. The van der Waals surface area contributed by atoms with Crippen LogP contribution in [0.3, 0.4) is 0 Å². The molecule has 0 aliphatic heterocycles. The van der Waals surface area contributed by atoms with Crippen molar-refractivity contribution in [2.45, 2.75) is 13.3 Å². The van der Waals surface area contributed by atoms with Crippen LogP contribution in [0.1, 0.15) is 13.3 Å². The third-order valence-electron chi connectivity index (χ3n) is 1.50. The van der Waals surface area contributed by atoms with Crippen molar-refractivity contribution in [2.24, 2.45) is 5.92 Å². The third-order valence-corrected chi connectivity index (χ3v) is 1.50. The van der Waals surface area contributed by atoms with E-state index in [1.165, 1.54) is 6.08 Å². The van der Waals surface area contributed by atoms with Crippen LogP contribution in [-0.2, 0) is 0 Å². The van der Waals surface area contributed by atoms with Crippen molar-refractivity contribution in [3.05, 3.63) is 23.6 Å². The highest BCUT2D eigenvalue weighted by Gasteiger charge is 2.10. The zero-order valence-electron chi connectivity index (χ0n) is 5.76. The zero-order chi connectivity index (χ0) is 7.56. The van der Waals surface area contributed by atoms with Crippen LogP contribution in [0.2, 0.25) is 0 Å². The predicted octanol–water partition coefficient (Wildman–Crippen LogP) is 2.33. The molecule has 52 valence electrons. The first kappa shape index (κ1) is 7.01. The summed E-state index contributed by atoms with van der Waals surface area (Å²) in [4.78, 5) is 0. The van der Waals surface area contributed by atoms with E-state index in [1.807, 2.05) is 6.92 Å². The molecule has 0 fully saturated rings. The summed E-state index contributed by atoms with van der Waals surface area (Å²) in [5.74, 6) is -0.0743. The Kier molecular flexibility index (Phi) is 1.86. The summed E-state index contributed by atoms with van der Waals surface area (Å²) in [6, 6.07) is 1.80. The average molecular weight is 137 g/mol. The number of hydrogen-bond donors (Lipinski definition) is 0. The monoisotopic (exact) mass is 137 g/mol. The molecule has 0 saturated carbocycles. The highest BCUT2D eigenvalue weighted by Crippen LogP contribution is 2.22. The number of nitriles is 1. The second kappa shape index (κ2) is 2.66. The van der Waals surface area contributed by atoms with Gasteiger partial charge in [-0.3, -0.25) is 0 Å². The standard InChI is InChI=1S/C8H8FN/c1-6-2-3-8(9)7(4-6)5-10/h3-4,6H,2H2,1H3/t6-/m0/s1. The van der Waals surface area contributed by atoms with Gasteiger partial charge >= 0.3 is 0 Å². The van der Waals surface area contributed by atoms with Crippen molar-refractivity contribution in [1.82, 2.24) is 0 Å². The van der Waals surface area contributed by atoms with Crippen LogP contribution in [0.25, 0.3) is 0 Å². The molecule has 10 heavy (non-hydrogen) atoms. The smallest absolute Gasteiger partial charge is 0.136 e. The fraction of sp³-hybridized carbons (Fsp3) is 0.375.